The first-order chi connectivity index (χ1) is 12.8. The van der Waals surface area contributed by atoms with E-state index in [0.717, 1.165) is 0 Å². The molecule has 27 heavy (non-hydrogen) atoms. The molecular formula is C19H19NO7. The highest BCUT2D eigenvalue weighted by atomic mass is 16.5. The van der Waals surface area contributed by atoms with E-state index in [2.05, 4.69) is 10.1 Å². The van der Waals surface area contributed by atoms with Crippen molar-refractivity contribution in [3.05, 3.63) is 52.3 Å². The number of nitrogens with one attached hydrogen (secondary N) is 1. The van der Waals surface area contributed by atoms with Crippen molar-refractivity contribution in [2.24, 2.45) is 0 Å². The molecule has 0 saturated carbocycles. The summed E-state index contributed by atoms with van der Waals surface area (Å²) in [6.45, 7) is 4.47. The maximum absolute atomic E-state index is 12.7. The van der Waals surface area contributed by atoms with Crippen LogP contribution in [0.5, 0.6) is 0 Å². The number of carbonyl (C=O) groups excluding carboxylic acids is 4. The van der Waals surface area contributed by atoms with Gasteiger partial charge in [-0.25, -0.2) is 9.59 Å². The molecule has 1 heterocycles. The third-order valence-corrected chi connectivity index (χ3v) is 3.72. The number of benzene rings is 1. The lowest BCUT2D eigenvalue weighted by atomic mass is 10.1. The molecule has 0 spiro atoms. The van der Waals surface area contributed by atoms with Crippen LogP contribution in [-0.4, -0.2) is 37.3 Å². The van der Waals surface area contributed by atoms with E-state index in [4.69, 9.17) is 9.15 Å². The second-order valence-electron chi connectivity index (χ2n) is 5.51. The van der Waals surface area contributed by atoms with Crippen molar-refractivity contribution in [2.75, 3.05) is 19.0 Å². The highest BCUT2D eigenvalue weighted by Gasteiger charge is 2.29. The van der Waals surface area contributed by atoms with Crippen LogP contribution in [0.15, 0.2) is 28.7 Å². The Morgan fingerprint density at radius 2 is 1.67 bits per heavy atom. The summed E-state index contributed by atoms with van der Waals surface area (Å²) < 4.78 is 15.1. The van der Waals surface area contributed by atoms with Gasteiger partial charge in [-0.1, -0.05) is 12.1 Å². The number of rotatable bonds is 6. The standard InChI is InChI=1S/C19H19NO7/c1-5-26-19(24)15-14(10(2)21)11(3)27-17(15)20-16(22)12-8-6-7-9-13(12)18(23)25-4/h6-9H,5H2,1-4H3,(H,20,22). The summed E-state index contributed by atoms with van der Waals surface area (Å²) in [5.41, 5.74) is -0.0569. The Morgan fingerprint density at radius 1 is 1.04 bits per heavy atom. The van der Waals surface area contributed by atoms with Gasteiger partial charge in [-0.3, -0.25) is 14.9 Å². The van der Waals surface area contributed by atoms with Gasteiger partial charge >= 0.3 is 11.9 Å². The maximum Gasteiger partial charge on any atom is 0.344 e. The predicted molar refractivity (Wildman–Crippen MR) is 95.1 cm³/mol. The van der Waals surface area contributed by atoms with E-state index in [9.17, 15) is 19.2 Å². The quantitative estimate of drug-likeness (QED) is 0.612. The summed E-state index contributed by atoms with van der Waals surface area (Å²) in [5, 5.41) is 2.44. The lowest BCUT2D eigenvalue weighted by molar-refractivity contribution is 0.0523. The zero-order valence-corrected chi connectivity index (χ0v) is 15.4. The first-order valence-corrected chi connectivity index (χ1v) is 8.11. The number of aryl methyl sites for hydroxylation is 1. The van der Waals surface area contributed by atoms with Crippen LogP contribution in [0.3, 0.4) is 0 Å². The van der Waals surface area contributed by atoms with Gasteiger partial charge < -0.3 is 13.9 Å². The second-order valence-corrected chi connectivity index (χ2v) is 5.51. The Hall–Kier alpha value is -3.42. The minimum atomic E-state index is -0.795. The van der Waals surface area contributed by atoms with E-state index in [1.165, 1.54) is 33.1 Å². The average Bonchev–Trinajstić information content (AvgIpc) is 2.97. The van der Waals surface area contributed by atoms with Crippen LogP contribution >= 0.6 is 0 Å². The van der Waals surface area contributed by atoms with Crippen LogP contribution in [0.1, 0.15) is 61.0 Å². The molecule has 0 atom stereocenters. The third kappa shape index (κ3) is 4.05. The summed E-state index contributed by atoms with van der Waals surface area (Å²) in [7, 11) is 1.20. The van der Waals surface area contributed by atoms with E-state index < -0.39 is 23.6 Å². The van der Waals surface area contributed by atoms with Crippen LogP contribution in [0, 0.1) is 6.92 Å². The zero-order valence-electron chi connectivity index (χ0n) is 15.4. The number of anilines is 1. The monoisotopic (exact) mass is 373 g/mol. The SMILES string of the molecule is CCOC(=O)c1c(NC(=O)c2ccccc2C(=O)OC)oc(C)c1C(C)=O. The Kier molecular flexibility index (Phi) is 6.12. The first-order valence-electron chi connectivity index (χ1n) is 8.11. The van der Waals surface area contributed by atoms with Crippen molar-refractivity contribution in [1.29, 1.82) is 0 Å². The first kappa shape index (κ1) is 19.9. The fraction of sp³-hybridized carbons (Fsp3) is 0.263. The minimum absolute atomic E-state index is 0.0255. The van der Waals surface area contributed by atoms with Crippen LogP contribution in [0.2, 0.25) is 0 Å². The van der Waals surface area contributed by atoms with Gasteiger partial charge in [-0.15, -0.1) is 0 Å². The molecule has 1 aromatic carbocycles. The fourth-order valence-electron chi connectivity index (χ4n) is 2.59. The summed E-state index contributed by atoms with van der Waals surface area (Å²) in [4.78, 5) is 48.7. The number of furan rings is 1. The van der Waals surface area contributed by atoms with Crippen molar-refractivity contribution in [3.8, 4) is 0 Å². The van der Waals surface area contributed by atoms with Crippen molar-refractivity contribution in [3.63, 3.8) is 0 Å². The van der Waals surface area contributed by atoms with Crippen molar-refractivity contribution < 1.29 is 33.1 Å². The largest absolute Gasteiger partial charge is 0.465 e. The molecular weight excluding hydrogens is 354 g/mol. The number of carbonyl (C=O) groups is 4. The number of hydrogen-bond acceptors (Lipinski definition) is 7. The molecule has 2 aromatic rings. The number of esters is 2. The number of Topliss-reactive ketones (excluding diaryl/α,β-unsaturated/α-hetero) is 1. The van der Waals surface area contributed by atoms with Gasteiger partial charge in [0.25, 0.3) is 5.91 Å². The molecule has 1 aromatic heterocycles. The van der Waals surface area contributed by atoms with E-state index in [-0.39, 0.29) is 40.5 Å². The summed E-state index contributed by atoms with van der Waals surface area (Å²) in [5.74, 6) is -2.65. The Morgan fingerprint density at radius 3 is 2.22 bits per heavy atom. The lowest BCUT2D eigenvalue weighted by Gasteiger charge is -2.09. The van der Waals surface area contributed by atoms with Crippen LogP contribution in [-0.2, 0) is 9.47 Å². The molecule has 1 N–H and O–H groups in total. The van der Waals surface area contributed by atoms with Gasteiger partial charge in [-0.05, 0) is 32.9 Å². The molecule has 2 rings (SSSR count). The molecule has 8 heteroatoms. The maximum atomic E-state index is 12.7. The zero-order chi connectivity index (χ0) is 20.1. The van der Waals surface area contributed by atoms with Gasteiger partial charge in [0.05, 0.1) is 30.4 Å². The molecule has 0 fully saturated rings. The minimum Gasteiger partial charge on any atom is -0.465 e. The number of ether oxygens (including phenoxy) is 2. The normalized spacial score (nSPS) is 10.2. The van der Waals surface area contributed by atoms with Crippen molar-refractivity contribution in [1.82, 2.24) is 0 Å². The number of amides is 1. The molecule has 0 radical (unpaired) electrons. The van der Waals surface area contributed by atoms with Crippen molar-refractivity contribution >= 4 is 29.5 Å². The van der Waals surface area contributed by atoms with E-state index in [1.807, 2.05) is 0 Å². The number of ketones is 1. The molecule has 0 aliphatic rings. The lowest BCUT2D eigenvalue weighted by Crippen LogP contribution is -2.19. The van der Waals surface area contributed by atoms with Gasteiger partial charge in [0.15, 0.2) is 5.78 Å². The van der Waals surface area contributed by atoms with Gasteiger partial charge in [0.1, 0.15) is 11.3 Å². The summed E-state index contributed by atoms with van der Waals surface area (Å²) in [6, 6.07) is 6.01. The van der Waals surface area contributed by atoms with E-state index in [0.29, 0.717) is 0 Å². The van der Waals surface area contributed by atoms with Gasteiger partial charge in [-0.2, -0.15) is 0 Å². The number of hydrogen-bond donors (Lipinski definition) is 1. The smallest absolute Gasteiger partial charge is 0.344 e. The fourth-order valence-corrected chi connectivity index (χ4v) is 2.59. The second kappa shape index (κ2) is 8.31. The molecule has 1 amide bonds. The average molecular weight is 373 g/mol. The summed E-state index contributed by atoms with van der Waals surface area (Å²) >= 11 is 0. The highest BCUT2D eigenvalue weighted by molar-refractivity contribution is 6.14. The van der Waals surface area contributed by atoms with Crippen LogP contribution < -0.4 is 5.32 Å². The highest BCUT2D eigenvalue weighted by Crippen LogP contribution is 2.29. The Labute approximate surface area is 155 Å². The summed E-state index contributed by atoms with van der Waals surface area (Å²) in [6.07, 6.45) is 0. The third-order valence-electron chi connectivity index (χ3n) is 3.72. The van der Waals surface area contributed by atoms with Gasteiger partial charge in [0, 0.05) is 0 Å². The molecule has 0 aliphatic carbocycles. The Balaban J connectivity index is 2.48. The molecule has 0 unspecified atom stereocenters. The molecule has 0 saturated heterocycles. The van der Waals surface area contributed by atoms with Crippen LogP contribution in [0.4, 0.5) is 5.88 Å². The molecule has 8 nitrogen and oxygen atoms in total. The molecule has 0 aliphatic heterocycles. The molecule has 142 valence electrons. The molecule has 0 bridgehead atoms. The Bertz CT molecular complexity index is 911. The predicted octanol–water partition coefficient (Wildman–Crippen LogP) is 3.01. The van der Waals surface area contributed by atoms with Gasteiger partial charge in [0.2, 0.25) is 5.88 Å². The number of methoxy groups -OCH3 is 1. The van der Waals surface area contributed by atoms with E-state index in [1.54, 1.807) is 19.1 Å². The van der Waals surface area contributed by atoms with E-state index >= 15 is 0 Å². The van der Waals surface area contributed by atoms with Crippen molar-refractivity contribution in [2.45, 2.75) is 20.8 Å². The topological polar surface area (TPSA) is 112 Å². The van der Waals surface area contributed by atoms with Crippen LogP contribution in [0.25, 0.3) is 0 Å².